The Kier molecular flexibility index (Phi) is 7.67. The smallest absolute Gasteiger partial charge is 0.259 e. The first-order chi connectivity index (χ1) is 13.0. The van der Waals surface area contributed by atoms with Gasteiger partial charge in [-0.05, 0) is 36.8 Å². The molecule has 0 aliphatic heterocycles. The fourth-order valence-corrected chi connectivity index (χ4v) is 2.32. The van der Waals surface area contributed by atoms with E-state index in [0.29, 0.717) is 24.5 Å². The molecule has 0 aromatic heterocycles. The zero-order chi connectivity index (χ0) is 19.6. The van der Waals surface area contributed by atoms with Crippen molar-refractivity contribution >= 4 is 11.8 Å². The van der Waals surface area contributed by atoms with Gasteiger partial charge in [-0.25, -0.2) is 0 Å². The molecule has 0 saturated carbocycles. The third kappa shape index (κ3) is 6.66. The minimum atomic E-state index is -0.137. The SMILES string of the molecule is CN(C)C(=O)COc1cccc(C(=O)N(C)CCCOc2ccccc2)c1. The molecule has 6 nitrogen and oxygen atoms in total. The molecule has 27 heavy (non-hydrogen) atoms. The maximum absolute atomic E-state index is 12.6. The summed E-state index contributed by atoms with van der Waals surface area (Å²) in [6.45, 7) is 1.06. The van der Waals surface area contributed by atoms with Crippen LogP contribution in [-0.2, 0) is 4.79 Å². The largest absolute Gasteiger partial charge is 0.494 e. The van der Waals surface area contributed by atoms with Crippen molar-refractivity contribution < 1.29 is 19.1 Å². The highest BCUT2D eigenvalue weighted by molar-refractivity contribution is 5.94. The summed E-state index contributed by atoms with van der Waals surface area (Å²) in [5.41, 5.74) is 0.524. The van der Waals surface area contributed by atoms with E-state index in [0.717, 1.165) is 12.2 Å². The van der Waals surface area contributed by atoms with Crippen molar-refractivity contribution in [3.63, 3.8) is 0 Å². The number of hydrogen-bond donors (Lipinski definition) is 0. The quantitative estimate of drug-likeness (QED) is 0.637. The summed E-state index contributed by atoms with van der Waals surface area (Å²) in [6.07, 6.45) is 0.727. The Balaban J connectivity index is 1.81. The van der Waals surface area contributed by atoms with E-state index in [-0.39, 0.29) is 18.4 Å². The number of nitrogens with zero attached hydrogens (tertiary/aromatic N) is 2. The third-order valence-electron chi connectivity index (χ3n) is 3.94. The van der Waals surface area contributed by atoms with Crippen molar-refractivity contribution in [2.45, 2.75) is 6.42 Å². The molecule has 0 unspecified atom stereocenters. The number of hydrogen-bond acceptors (Lipinski definition) is 4. The van der Waals surface area contributed by atoms with Crippen LogP contribution >= 0.6 is 0 Å². The van der Waals surface area contributed by atoms with E-state index in [1.165, 1.54) is 4.90 Å². The van der Waals surface area contributed by atoms with Crippen LogP contribution in [0.1, 0.15) is 16.8 Å². The van der Waals surface area contributed by atoms with Crippen molar-refractivity contribution in [2.24, 2.45) is 0 Å². The van der Waals surface area contributed by atoms with Gasteiger partial charge in [0.2, 0.25) is 0 Å². The summed E-state index contributed by atoms with van der Waals surface area (Å²) in [5.74, 6) is 1.09. The maximum Gasteiger partial charge on any atom is 0.259 e. The molecule has 0 bridgehead atoms. The van der Waals surface area contributed by atoms with Gasteiger partial charge < -0.3 is 19.3 Å². The maximum atomic E-state index is 12.6. The first-order valence-electron chi connectivity index (χ1n) is 8.83. The van der Waals surface area contributed by atoms with Crippen molar-refractivity contribution in [3.05, 3.63) is 60.2 Å². The Morgan fingerprint density at radius 1 is 0.889 bits per heavy atom. The molecule has 144 valence electrons. The number of amides is 2. The van der Waals surface area contributed by atoms with E-state index in [2.05, 4.69) is 0 Å². The van der Waals surface area contributed by atoms with Crippen LogP contribution in [0.3, 0.4) is 0 Å². The van der Waals surface area contributed by atoms with E-state index in [9.17, 15) is 9.59 Å². The number of likely N-dealkylation sites (N-methyl/N-ethyl adjacent to an activating group) is 1. The van der Waals surface area contributed by atoms with Gasteiger partial charge in [-0.15, -0.1) is 0 Å². The molecule has 0 spiro atoms. The monoisotopic (exact) mass is 370 g/mol. The van der Waals surface area contributed by atoms with E-state index < -0.39 is 0 Å². The molecular weight excluding hydrogens is 344 g/mol. The Hall–Kier alpha value is -3.02. The van der Waals surface area contributed by atoms with Crippen LogP contribution in [0.4, 0.5) is 0 Å². The topological polar surface area (TPSA) is 59.1 Å². The number of benzene rings is 2. The normalized spacial score (nSPS) is 10.2. The van der Waals surface area contributed by atoms with Crippen molar-refractivity contribution in [1.29, 1.82) is 0 Å². The molecule has 0 atom stereocenters. The number of para-hydroxylation sites is 1. The lowest BCUT2D eigenvalue weighted by Crippen LogP contribution is -2.29. The van der Waals surface area contributed by atoms with Crippen molar-refractivity contribution in [3.8, 4) is 11.5 Å². The standard InChI is InChI=1S/C21H26N2O4/c1-22(2)20(24)16-27-19-12-7-9-17(15-19)21(25)23(3)13-8-14-26-18-10-5-4-6-11-18/h4-7,9-12,15H,8,13-14,16H2,1-3H3. The summed E-state index contributed by atoms with van der Waals surface area (Å²) in [6, 6.07) is 16.5. The van der Waals surface area contributed by atoms with Gasteiger partial charge >= 0.3 is 0 Å². The van der Waals surface area contributed by atoms with Gasteiger partial charge in [0.05, 0.1) is 6.61 Å². The molecule has 0 heterocycles. The van der Waals surface area contributed by atoms with Gasteiger partial charge in [0.1, 0.15) is 11.5 Å². The molecule has 6 heteroatoms. The van der Waals surface area contributed by atoms with E-state index >= 15 is 0 Å². The van der Waals surface area contributed by atoms with Gasteiger partial charge in [-0.1, -0.05) is 24.3 Å². The highest BCUT2D eigenvalue weighted by Crippen LogP contribution is 2.15. The predicted octanol–water partition coefficient (Wildman–Crippen LogP) is 2.69. The van der Waals surface area contributed by atoms with E-state index in [1.807, 2.05) is 30.3 Å². The highest BCUT2D eigenvalue weighted by Gasteiger charge is 2.13. The molecule has 2 aromatic carbocycles. The lowest BCUT2D eigenvalue weighted by atomic mass is 10.2. The number of rotatable bonds is 9. The first-order valence-corrected chi connectivity index (χ1v) is 8.83. The minimum absolute atomic E-state index is 0.0582. The lowest BCUT2D eigenvalue weighted by Gasteiger charge is -2.18. The molecule has 2 rings (SSSR count). The Labute approximate surface area is 160 Å². The fraction of sp³-hybridized carbons (Fsp3) is 0.333. The van der Waals surface area contributed by atoms with Gasteiger partial charge in [-0.3, -0.25) is 9.59 Å². The first kappa shape index (κ1) is 20.3. The molecule has 0 fully saturated rings. The zero-order valence-electron chi connectivity index (χ0n) is 16.1. The summed E-state index contributed by atoms with van der Waals surface area (Å²) >= 11 is 0. The van der Waals surface area contributed by atoms with Crippen LogP contribution in [0.5, 0.6) is 11.5 Å². The second-order valence-electron chi connectivity index (χ2n) is 6.35. The second kappa shape index (κ2) is 10.2. The molecular formula is C21H26N2O4. The number of ether oxygens (including phenoxy) is 2. The number of carbonyl (C=O) groups excluding carboxylic acids is 2. The van der Waals surface area contributed by atoms with Crippen molar-refractivity contribution in [2.75, 3.05) is 40.9 Å². The summed E-state index contributed by atoms with van der Waals surface area (Å²) in [7, 11) is 5.10. The minimum Gasteiger partial charge on any atom is -0.494 e. The van der Waals surface area contributed by atoms with Gasteiger partial charge in [0.25, 0.3) is 11.8 Å². The zero-order valence-corrected chi connectivity index (χ0v) is 16.1. The van der Waals surface area contributed by atoms with Crippen LogP contribution in [0, 0.1) is 0 Å². The Morgan fingerprint density at radius 3 is 2.30 bits per heavy atom. The Bertz CT molecular complexity index is 747. The van der Waals surface area contributed by atoms with Crippen LogP contribution < -0.4 is 9.47 Å². The van der Waals surface area contributed by atoms with Crippen LogP contribution in [0.15, 0.2) is 54.6 Å². The van der Waals surface area contributed by atoms with Crippen molar-refractivity contribution in [1.82, 2.24) is 9.80 Å². The molecule has 2 aromatic rings. The fourth-order valence-electron chi connectivity index (χ4n) is 2.32. The van der Waals surface area contributed by atoms with Gasteiger partial charge in [-0.2, -0.15) is 0 Å². The van der Waals surface area contributed by atoms with Gasteiger partial charge in [0.15, 0.2) is 6.61 Å². The molecule has 0 aliphatic carbocycles. The van der Waals surface area contributed by atoms with E-state index in [1.54, 1.807) is 50.3 Å². The van der Waals surface area contributed by atoms with E-state index in [4.69, 9.17) is 9.47 Å². The average molecular weight is 370 g/mol. The van der Waals surface area contributed by atoms with Crippen LogP contribution in [-0.4, -0.2) is 62.5 Å². The molecule has 0 saturated heterocycles. The van der Waals surface area contributed by atoms with Crippen LogP contribution in [0.2, 0.25) is 0 Å². The molecule has 0 N–H and O–H groups in total. The molecule has 0 aliphatic rings. The second-order valence-corrected chi connectivity index (χ2v) is 6.35. The van der Waals surface area contributed by atoms with Gasteiger partial charge in [0, 0.05) is 33.3 Å². The molecule has 2 amide bonds. The predicted molar refractivity (Wildman–Crippen MR) is 104 cm³/mol. The molecule has 0 radical (unpaired) electrons. The third-order valence-corrected chi connectivity index (χ3v) is 3.94. The Morgan fingerprint density at radius 2 is 1.59 bits per heavy atom. The average Bonchev–Trinajstić information content (AvgIpc) is 2.69. The van der Waals surface area contributed by atoms with Crippen LogP contribution in [0.25, 0.3) is 0 Å². The summed E-state index contributed by atoms with van der Waals surface area (Å²) in [4.78, 5) is 27.3. The highest BCUT2D eigenvalue weighted by atomic mass is 16.5. The summed E-state index contributed by atoms with van der Waals surface area (Å²) in [5, 5.41) is 0. The summed E-state index contributed by atoms with van der Waals surface area (Å²) < 4.78 is 11.1. The lowest BCUT2D eigenvalue weighted by molar-refractivity contribution is -0.130. The number of carbonyl (C=O) groups is 2.